The van der Waals surface area contributed by atoms with E-state index in [1.54, 1.807) is 12.1 Å². The van der Waals surface area contributed by atoms with Gasteiger partial charge in [-0.2, -0.15) is 0 Å². The van der Waals surface area contributed by atoms with Crippen LogP contribution in [-0.4, -0.2) is 42.8 Å². The predicted molar refractivity (Wildman–Crippen MR) is 88.8 cm³/mol. The lowest BCUT2D eigenvalue weighted by Crippen LogP contribution is -2.29. The molecule has 1 amide bonds. The summed E-state index contributed by atoms with van der Waals surface area (Å²) in [6.45, 7) is 0.544. The highest BCUT2D eigenvalue weighted by molar-refractivity contribution is 6.29. The third-order valence-corrected chi connectivity index (χ3v) is 4.44. The first-order valence-electron chi connectivity index (χ1n) is 7.60. The molecule has 3 aromatic rings. The van der Waals surface area contributed by atoms with Gasteiger partial charge in [0.25, 0.3) is 0 Å². The molecule has 1 saturated heterocycles. The third kappa shape index (κ3) is 2.56. The highest BCUT2D eigenvalue weighted by atomic mass is 35.5. The van der Waals surface area contributed by atoms with Crippen molar-refractivity contribution in [2.24, 2.45) is 0 Å². The number of halogens is 1. The van der Waals surface area contributed by atoms with Crippen LogP contribution in [0, 0.1) is 0 Å². The lowest BCUT2D eigenvalue weighted by Gasteiger charge is -2.19. The van der Waals surface area contributed by atoms with Gasteiger partial charge in [0.2, 0.25) is 0 Å². The minimum Gasteiger partial charge on any atom is -0.465 e. The number of aromatic amines is 1. The zero-order valence-corrected chi connectivity index (χ0v) is 13.4. The van der Waals surface area contributed by atoms with Crippen LogP contribution in [0.25, 0.3) is 22.3 Å². The van der Waals surface area contributed by atoms with E-state index in [9.17, 15) is 9.90 Å². The standard InChI is InChI=1S/C16H14ClN5O2/c17-14-6-5-10(20-21-14)9-3-4-11-12(8-9)19-15(18-11)13-2-1-7-22(13)16(23)24/h3-6,8,13H,1-2,7H2,(H,18,19)(H,23,24)/t13-/m0/s1. The van der Waals surface area contributed by atoms with Crippen LogP contribution >= 0.6 is 11.6 Å². The van der Waals surface area contributed by atoms with E-state index in [0.717, 1.165) is 29.4 Å². The van der Waals surface area contributed by atoms with Gasteiger partial charge in [-0.3, -0.25) is 4.90 Å². The molecule has 0 unspecified atom stereocenters. The fraction of sp³-hybridized carbons (Fsp3) is 0.250. The summed E-state index contributed by atoms with van der Waals surface area (Å²) >= 11 is 5.77. The maximum Gasteiger partial charge on any atom is 0.407 e. The van der Waals surface area contributed by atoms with Crippen molar-refractivity contribution in [2.75, 3.05) is 6.54 Å². The normalized spacial score (nSPS) is 17.5. The van der Waals surface area contributed by atoms with E-state index in [0.29, 0.717) is 23.2 Å². The number of nitrogens with one attached hydrogen (secondary N) is 1. The second-order valence-corrected chi connectivity index (χ2v) is 6.12. The van der Waals surface area contributed by atoms with Crippen molar-refractivity contribution in [3.63, 3.8) is 0 Å². The highest BCUT2D eigenvalue weighted by Gasteiger charge is 2.31. The monoisotopic (exact) mass is 343 g/mol. The van der Waals surface area contributed by atoms with Crippen molar-refractivity contribution in [1.29, 1.82) is 0 Å². The number of aromatic nitrogens is 4. The number of carboxylic acid groups (broad SMARTS) is 1. The molecule has 0 aliphatic carbocycles. The van der Waals surface area contributed by atoms with Crippen molar-refractivity contribution in [1.82, 2.24) is 25.1 Å². The van der Waals surface area contributed by atoms with Gasteiger partial charge in [-0.15, -0.1) is 10.2 Å². The number of imidazole rings is 1. The molecule has 0 spiro atoms. The molecule has 122 valence electrons. The van der Waals surface area contributed by atoms with E-state index in [2.05, 4.69) is 20.2 Å². The number of rotatable bonds is 2. The largest absolute Gasteiger partial charge is 0.465 e. The van der Waals surface area contributed by atoms with Crippen LogP contribution in [0.4, 0.5) is 4.79 Å². The number of H-pyrrole nitrogens is 1. The van der Waals surface area contributed by atoms with Gasteiger partial charge >= 0.3 is 6.09 Å². The first-order chi connectivity index (χ1) is 11.6. The van der Waals surface area contributed by atoms with Crippen LogP contribution in [0.5, 0.6) is 0 Å². The minimum absolute atomic E-state index is 0.214. The highest BCUT2D eigenvalue weighted by Crippen LogP contribution is 2.32. The van der Waals surface area contributed by atoms with Crippen LogP contribution < -0.4 is 0 Å². The van der Waals surface area contributed by atoms with E-state index in [1.165, 1.54) is 4.90 Å². The second-order valence-electron chi connectivity index (χ2n) is 5.73. The summed E-state index contributed by atoms with van der Waals surface area (Å²) < 4.78 is 0. The molecule has 0 saturated carbocycles. The van der Waals surface area contributed by atoms with E-state index in [4.69, 9.17) is 11.6 Å². The van der Waals surface area contributed by atoms with Crippen molar-refractivity contribution >= 4 is 28.7 Å². The predicted octanol–water partition coefficient (Wildman–Crippen LogP) is 3.49. The summed E-state index contributed by atoms with van der Waals surface area (Å²) in [5, 5.41) is 17.6. The minimum atomic E-state index is -0.907. The Morgan fingerprint density at radius 3 is 2.92 bits per heavy atom. The van der Waals surface area contributed by atoms with Crippen LogP contribution in [0.1, 0.15) is 24.7 Å². The Morgan fingerprint density at radius 1 is 1.29 bits per heavy atom. The Labute approximate surface area is 142 Å². The first-order valence-corrected chi connectivity index (χ1v) is 7.98. The lowest BCUT2D eigenvalue weighted by atomic mass is 10.1. The van der Waals surface area contributed by atoms with Gasteiger partial charge in [0.1, 0.15) is 5.82 Å². The Hall–Kier alpha value is -2.67. The Balaban J connectivity index is 1.71. The molecule has 7 nitrogen and oxygen atoms in total. The molecule has 0 radical (unpaired) electrons. The quantitative estimate of drug-likeness (QED) is 0.742. The van der Waals surface area contributed by atoms with Crippen molar-refractivity contribution < 1.29 is 9.90 Å². The van der Waals surface area contributed by atoms with Gasteiger partial charge in [-0.25, -0.2) is 9.78 Å². The number of nitrogens with zero attached hydrogens (tertiary/aromatic N) is 4. The topological polar surface area (TPSA) is 95.0 Å². The molecule has 1 atom stereocenters. The average molecular weight is 344 g/mol. The zero-order valence-electron chi connectivity index (χ0n) is 12.6. The summed E-state index contributed by atoms with van der Waals surface area (Å²) in [6, 6.07) is 9.01. The van der Waals surface area contributed by atoms with Crippen molar-refractivity contribution in [3.05, 3.63) is 41.3 Å². The molecule has 1 aliphatic rings. The molecule has 8 heteroatoms. The van der Waals surface area contributed by atoms with E-state index in [-0.39, 0.29) is 6.04 Å². The molecule has 24 heavy (non-hydrogen) atoms. The molecule has 3 heterocycles. The van der Waals surface area contributed by atoms with E-state index in [1.807, 2.05) is 18.2 Å². The van der Waals surface area contributed by atoms with Gasteiger partial charge in [0, 0.05) is 12.1 Å². The van der Waals surface area contributed by atoms with Gasteiger partial charge in [0.05, 0.1) is 22.8 Å². The molecule has 1 fully saturated rings. The van der Waals surface area contributed by atoms with Gasteiger partial charge in [-0.05, 0) is 37.1 Å². The van der Waals surface area contributed by atoms with E-state index >= 15 is 0 Å². The maximum absolute atomic E-state index is 11.3. The Kier molecular flexibility index (Phi) is 3.57. The SMILES string of the molecule is O=C(O)N1CCC[C@H]1c1nc2ccc(-c3ccc(Cl)nn3)cc2[nH]1. The molecule has 4 rings (SSSR count). The lowest BCUT2D eigenvalue weighted by molar-refractivity contribution is 0.139. The van der Waals surface area contributed by atoms with Crippen LogP contribution in [0.3, 0.4) is 0 Å². The molecular weight excluding hydrogens is 330 g/mol. The molecular formula is C16H14ClN5O2. The molecule has 1 aliphatic heterocycles. The van der Waals surface area contributed by atoms with Crippen molar-refractivity contribution in [3.8, 4) is 11.3 Å². The number of amides is 1. The smallest absolute Gasteiger partial charge is 0.407 e. The number of hydrogen-bond acceptors (Lipinski definition) is 4. The molecule has 2 N–H and O–H groups in total. The van der Waals surface area contributed by atoms with E-state index < -0.39 is 6.09 Å². The van der Waals surface area contributed by atoms with Gasteiger partial charge in [-0.1, -0.05) is 17.7 Å². The maximum atomic E-state index is 11.3. The fourth-order valence-corrected chi connectivity index (χ4v) is 3.20. The number of carbonyl (C=O) groups is 1. The summed E-state index contributed by atoms with van der Waals surface area (Å²) in [5.41, 5.74) is 3.25. The number of likely N-dealkylation sites (tertiary alicyclic amines) is 1. The molecule has 2 aromatic heterocycles. The average Bonchev–Trinajstić information content (AvgIpc) is 3.21. The third-order valence-electron chi connectivity index (χ3n) is 4.24. The van der Waals surface area contributed by atoms with Gasteiger partial charge in [0.15, 0.2) is 5.15 Å². The van der Waals surface area contributed by atoms with Gasteiger partial charge < -0.3 is 10.1 Å². The number of fused-ring (bicyclic) bond motifs is 1. The molecule has 1 aromatic carbocycles. The van der Waals surface area contributed by atoms with Crippen LogP contribution in [0.2, 0.25) is 5.15 Å². The Morgan fingerprint density at radius 2 is 2.17 bits per heavy atom. The molecule has 0 bridgehead atoms. The first kappa shape index (κ1) is 14.9. The summed E-state index contributed by atoms with van der Waals surface area (Å²) in [5.74, 6) is 0.684. The fourth-order valence-electron chi connectivity index (χ4n) is 3.10. The summed E-state index contributed by atoms with van der Waals surface area (Å²) in [6.07, 6.45) is 0.719. The Bertz CT molecular complexity index is 908. The van der Waals surface area contributed by atoms with Crippen molar-refractivity contribution in [2.45, 2.75) is 18.9 Å². The van der Waals surface area contributed by atoms with Crippen LogP contribution in [0.15, 0.2) is 30.3 Å². The number of benzene rings is 1. The summed E-state index contributed by atoms with van der Waals surface area (Å²) in [7, 11) is 0. The number of hydrogen-bond donors (Lipinski definition) is 2. The summed E-state index contributed by atoms with van der Waals surface area (Å²) in [4.78, 5) is 20.6. The van der Waals surface area contributed by atoms with Crippen LogP contribution in [-0.2, 0) is 0 Å². The second kappa shape index (κ2) is 5.76. The zero-order chi connectivity index (χ0) is 16.7.